The zero-order chi connectivity index (χ0) is 19.3. The molecular formula is C18H21F3N2O3. The molecule has 1 saturated carbocycles. The summed E-state index contributed by atoms with van der Waals surface area (Å²) in [5, 5.41) is 4.90. The van der Waals surface area contributed by atoms with Crippen molar-refractivity contribution in [2.75, 3.05) is 10.6 Å². The maximum absolute atomic E-state index is 14.4. The number of hydrogen-bond donors (Lipinski definition) is 2. The highest BCUT2D eigenvalue weighted by Crippen LogP contribution is 2.52. The summed E-state index contributed by atoms with van der Waals surface area (Å²) in [6.07, 6.45) is -1.79. The zero-order valence-electron chi connectivity index (χ0n) is 14.8. The fourth-order valence-electron chi connectivity index (χ4n) is 3.50. The van der Waals surface area contributed by atoms with E-state index in [0.29, 0.717) is 5.56 Å². The van der Waals surface area contributed by atoms with Gasteiger partial charge in [-0.05, 0) is 51.3 Å². The van der Waals surface area contributed by atoms with Crippen LogP contribution < -0.4 is 10.6 Å². The molecule has 1 aromatic carbocycles. The van der Waals surface area contributed by atoms with Crippen molar-refractivity contribution in [1.82, 2.24) is 0 Å². The number of fused-ring (bicyclic) bond motifs is 2. The normalized spacial score (nSPS) is 20.5. The van der Waals surface area contributed by atoms with E-state index in [1.165, 1.54) is 6.07 Å². The van der Waals surface area contributed by atoms with E-state index in [-0.39, 0.29) is 24.2 Å². The molecule has 5 nitrogen and oxygen atoms in total. The van der Waals surface area contributed by atoms with Crippen molar-refractivity contribution in [1.29, 1.82) is 0 Å². The van der Waals surface area contributed by atoms with Crippen molar-refractivity contribution in [3.05, 3.63) is 23.5 Å². The molecular weight excluding hydrogens is 349 g/mol. The van der Waals surface area contributed by atoms with Crippen molar-refractivity contribution in [3.63, 3.8) is 0 Å². The minimum atomic E-state index is -2.82. The third-order valence-corrected chi connectivity index (χ3v) is 4.76. The van der Waals surface area contributed by atoms with Gasteiger partial charge in [0.25, 0.3) is 0 Å². The Hall–Kier alpha value is -2.25. The van der Waals surface area contributed by atoms with E-state index in [4.69, 9.17) is 4.74 Å². The van der Waals surface area contributed by atoms with Gasteiger partial charge < -0.3 is 10.1 Å². The number of alkyl halides is 2. The van der Waals surface area contributed by atoms with Gasteiger partial charge in [0, 0.05) is 18.5 Å². The summed E-state index contributed by atoms with van der Waals surface area (Å²) < 4.78 is 46.7. The van der Waals surface area contributed by atoms with E-state index in [2.05, 4.69) is 10.6 Å². The van der Waals surface area contributed by atoms with Crippen LogP contribution in [0.2, 0.25) is 0 Å². The van der Waals surface area contributed by atoms with E-state index in [1.54, 1.807) is 20.8 Å². The molecule has 1 aliphatic carbocycles. The number of nitrogens with one attached hydrogen (secondary N) is 2. The van der Waals surface area contributed by atoms with Gasteiger partial charge in [-0.25, -0.2) is 18.0 Å². The van der Waals surface area contributed by atoms with Gasteiger partial charge in [-0.3, -0.25) is 10.1 Å². The molecule has 0 radical (unpaired) electrons. The minimum Gasteiger partial charge on any atom is -0.444 e. The van der Waals surface area contributed by atoms with Crippen LogP contribution in [0.1, 0.15) is 52.0 Å². The first-order valence-corrected chi connectivity index (χ1v) is 8.45. The van der Waals surface area contributed by atoms with Crippen LogP contribution >= 0.6 is 0 Å². The first kappa shape index (κ1) is 18.5. The average Bonchev–Trinajstić information content (AvgIpc) is 2.74. The summed E-state index contributed by atoms with van der Waals surface area (Å²) in [5.74, 6) is -4.02. The van der Waals surface area contributed by atoms with E-state index >= 15 is 0 Å². The van der Waals surface area contributed by atoms with Crippen LogP contribution in [0.15, 0.2) is 12.1 Å². The smallest absolute Gasteiger partial charge is 0.412 e. The maximum atomic E-state index is 14.4. The van der Waals surface area contributed by atoms with Crippen LogP contribution in [0.3, 0.4) is 0 Å². The van der Waals surface area contributed by atoms with Gasteiger partial charge in [0.2, 0.25) is 11.8 Å². The van der Waals surface area contributed by atoms with Crippen molar-refractivity contribution < 1.29 is 27.5 Å². The molecule has 0 unspecified atom stereocenters. The van der Waals surface area contributed by atoms with Gasteiger partial charge in [-0.2, -0.15) is 0 Å². The lowest BCUT2D eigenvalue weighted by atomic mass is 9.69. The van der Waals surface area contributed by atoms with Crippen molar-refractivity contribution in [2.45, 2.75) is 63.4 Å². The molecule has 0 saturated heterocycles. The quantitative estimate of drug-likeness (QED) is 0.761. The number of carbonyl (C=O) groups is 2. The largest absolute Gasteiger partial charge is 0.444 e. The molecule has 0 atom stereocenters. The molecule has 1 spiro atoms. The minimum absolute atomic E-state index is 0.00467. The Kier molecular flexibility index (Phi) is 4.20. The predicted molar refractivity (Wildman–Crippen MR) is 90.0 cm³/mol. The number of carbonyl (C=O) groups excluding carboxylic acids is 2. The van der Waals surface area contributed by atoms with Crippen molar-refractivity contribution in [2.24, 2.45) is 0 Å². The van der Waals surface area contributed by atoms with Crippen LogP contribution in [0, 0.1) is 5.82 Å². The molecule has 1 fully saturated rings. The molecule has 1 aliphatic heterocycles. The second-order valence-electron chi connectivity index (χ2n) is 7.90. The topological polar surface area (TPSA) is 67.4 Å². The lowest BCUT2D eigenvalue weighted by molar-refractivity contribution is -0.125. The predicted octanol–water partition coefficient (Wildman–Crippen LogP) is 4.57. The number of rotatable bonds is 1. The van der Waals surface area contributed by atoms with Crippen LogP contribution in [-0.2, 0) is 14.9 Å². The molecule has 2 amide bonds. The van der Waals surface area contributed by atoms with Crippen LogP contribution in [0.5, 0.6) is 0 Å². The number of anilines is 2. The Morgan fingerprint density at radius 1 is 1.19 bits per heavy atom. The molecule has 2 aliphatic rings. The highest BCUT2D eigenvalue weighted by atomic mass is 19.3. The van der Waals surface area contributed by atoms with Crippen molar-refractivity contribution in [3.8, 4) is 0 Å². The molecule has 3 rings (SSSR count). The number of ether oxygens (including phenoxy) is 1. The van der Waals surface area contributed by atoms with Gasteiger partial charge in [-0.15, -0.1) is 0 Å². The first-order valence-electron chi connectivity index (χ1n) is 8.45. The highest BCUT2D eigenvalue weighted by molar-refractivity contribution is 6.07. The average molecular weight is 370 g/mol. The van der Waals surface area contributed by atoms with Gasteiger partial charge in [-0.1, -0.05) is 0 Å². The Morgan fingerprint density at radius 3 is 2.38 bits per heavy atom. The Labute approximate surface area is 149 Å². The molecule has 1 heterocycles. The molecule has 2 N–H and O–H groups in total. The monoisotopic (exact) mass is 370 g/mol. The second kappa shape index (κ2) is 5.89. The summed E-state index contributed by atoms with van der Waals surface area (Å²) >= 11 is 0. The fourth-order valence-corrected chi connectivity index (χ4v) is 3.50. The third kappa shape index (κ3) is 3.37. The summed E-state index contributed by atoms with van der Waals surface area (Å²) in [6, 6.07) is 2.53. The van der Waals surface area contributed by atoms with Crippen molar-refractivity contribution >= 4 is 23.4 Å². The Balaban J connectivity index is 1.92. The number of amides is 2. The van der Waals surface area contributed by atoms with Gasteiger partial charge in [0.1, 0.15) is 11.4 Å². The van der Waals surface area contributed by atoms with E-state index in [0.717, 1.165) is 6.07 Å². The van der Waals surface area contributed by atoms with Gasteiger partial charge in [0.15, 0.2) is 0 Å². The number of hydrogen-bond acceptors (Lipinski definition) is 3. The lowest BCUT2D eigenvalue weighted by Gasteiger charge is -2.35. The summed E-state index contributed by atoms with van der Waals surface area (Å²) in [4.78, 5) is 24.4. The van der Waals surface area contributed by atoms with E-state index < -0.39 is 47.6 Å². The number of benzene rings is 1. The standard InChI is InChI=1S/C18H21F3N2O3/c1-16(2,3)26-15(25)22-10-8-11-13(12(19)9-10)23-14(24)17(11)4-6-18(20,21)7-5-17/h8-9H,4-7H2,1-3H3,(H,22,25)(H,23,24). The van der Waals surface area contributed by atoms with Crippen LogP contribution in [-0.4, -0.2) is 23.5 Å². The molecule has 0 bridgehead atoms. The fraction of sp³-hybridized carbons (Fsp3) is 0.556. The Morgan fingerprint density at radius 2 is 1.81 bits per heavy atom. The third-order valence-electron chi connectivity index (χ3n) is 4.76. The highest BCUT2D eigenvalue weighted by Gasteiger charge is 2.53. The molecule has 26 heavy (non-hydrogen) atoms. The maximum Gasteiger partial charge on any atom is 0.412 e. The SMILES string of the molecule is CC(C)(C)OC(=O)Nc1cc(F)c2c(c1)C1(CCC(F)(F)CC1)C(=O)N2. The zero-order valence-corrected chi connectivity index (χ0v) is 14.8. The van der Waals surface area contributed by atoms with Crippen LogP contribution in [0.4, 0.5) is 29.3 Å². The van der Waals surface area contributed by atoms with E-state index in [1.807, 2.05) is 0 Å². The summed E-state index contributed by atoms with van der Waals surface area (Å²) in [7, 11) is 0. The molecule has 1 aromatic rings. The second-order valence-corrected chi connectivity index (χ2v) is 7.90. The Bertz CT molecular complexity index is 762. The molecule has 0 aromatic heterocycles. The van der Waals surface area contributed by atoms with Gasteiger partial charge in [0.05, 0.1) is 11.1 Å². The van der Waals surface area contributed by atoms with E-state index in [9.17, 15) is 22.8 Å². The molecule has 8 heteroatoms. The number of halogens is 3. The van der Waals surface area contributed by atoms with Gasteiger partial charge >= 0.3 is 6.09 Å². The lowest BCUT2D eigenvalue weighted by Crippen LogP contribution is -2.41. The summed E-state index contributed by atoms with van der Waals surface area (Å²) in [5.41, 5.74) is -1.50. The van der Waals surface area contributed by atoms with Crippen LogP contribution in [0.25, 0.3) is 0 Å². The first-order chi connectivity index (χ1) is 11.9. The molecule has 142 valence electrons. The summed E-state index contributed by atoms with van der Waals surface area (Å²) in [6.45, 7) is 5.07.